The van der Waals surface area contributed by atoms with Gasteiger partial charge in [0.1, 0.15) is 0 Å². The van der Waals surface area contributed by atoms with E-state index in [0.29, 0.717) is 44.8 Å². The summed E-state index contributed by atoms with van der Waals surface area (Å²) in [4.78, 5) is 25.9. The van der Waals surface area contributed by atoms with Crippen molar-refractivity contribution >= 4 is 11.9 Å². The predicted molar refractivity (Wildman–Crippen MR) is 82.8 cm³/mol. The highest BCUT2D eigenvalue weighted by Gasteiger charge is 2.42. The number of hydrogen-bond acceptors (Lipinski definition) is 3. The van der Waals surface area contributed by atoms with Crippen molar-refractivity contribution in [2.75, 3.05) is 19.6 Å². The quantitative estimate of drug-likeness (QED) is 0.754. The van der Waals surface area contributed by atoms with Crippen LogP contribution in [0.15, 0.2) is 0 Å². The molecule has 0 aromatic rings. The van der Waals surface area contributed by atoms with E-state index in [0.717, 1.165) is 12.8 Å². The second kappa shape index (κ2) is 7.78. The minimum absolute atomic E-state index is 0.0988. The van der Waals surface area contributed by atoms with E-state index < -0.39 is 11.4 Å². The maximum atomic E-state index is 12.5. The Kier molecular flexibility index (Phi) is 6.65. The van der Waals surface area contributed by atoms with Crippen LogP contribution in [0.4, 0.5) is 0 Å². The fraction of sp³-hybridized carbons (Fsp3) is 0.875. The molecule has 1 atom stereocenters. The zero-order chi connectivity index (χ0) is 16.0. The topological polar surface area (TPSA) is 83.6 Å². The zero-order valence-electron chi connectivity index (χ0n) is 13.6. The maximum Gasteiger partial charge on any atom is 0.309 e. The Labute approximate surface area is 127 Å². The van der Waals surface area contributed by atoms with Gasteiger partial charge >= 0.3 is 5.97 Å². The number of carbonyl (C=O) groups is 2. The summed E-state index contributed by atoms with van der Waals surface area (Å²) in [7, 11) is 0. The first-order valence-electron chi connectivity index (χ1n) is 8.08. The molecular weight excluding hydrogens is 268 g/mol. The van der Waals surface area contributed by atoms with Gasteiger partial charge in [-0.1, -0.05) is 27.2 Å². The molecule has 1 amide bonds. The Bertz CT molecular complexity index is 361. The van der Waals surface area contributed by atoms with Crippen molar-refractivity contribution in [1.29, 1.82) is 0 Å². The maximum absolute atomic E-state index is 12.5. The van der Waals surface area contributed by atoms with Crippen molar-refractivity contribution in [3.05, 3.63) is 0 Å². The third-order valence-corrected chi connectivity index (χ3v) is 4.60. The highest BCUT2D eigenvalue weighted by Crippen LogP contribution is 2.37. The van der Waals surface area contributed by atoms with Crippen LogP contribution in [0.1, 0.15) is 52.9 Å². The highest BCUT2D eigenvalue weighted by atomic mass is 16.4. The largest absolute Gasteiger partial charge is 0.481 e. The number of carboxylic acid groups (broad SMARTS) is 1. The monoisotopic (exact) mass is 298 g/mol. The first kappa shape index (κ1) is 18.0. The molecule has 122 valence electrons. The summed E-state index contributed by atoms with van der Waals surface area (Å²) >= 11 is 0. The number of carbonyl (C=O) groups excluding carboxylic acids is 1. The highest BCUT2D eigenvalue weighted by molar-refractivity contribution is 5.80. The standard InChI is InChI=1S/C16H30N2O3/c1-4-5-16(15(20)21)6-8-18(9-7-16)14(19)13(11-17)10-12(2)3/h12-13H,4-11,17H2,1-3H3,(H,20,21). The Morgan fingerprint density at radius 2 is 1.86 bits per heavy atom. The molecule has 1 aliphatic rings. The van der Waals surface area contributed by atoms with Crippen molar-refractivity contribution in [2.24, 2.45) is 23.0 Å². The van der Waals surface area contributed by atoms with Gasteiger partial charge in [0.2, 0.25) is 5.91 Å². The van der Waals surface area contributed by atoms with Crippen molar-refractivity contribution in [3.63, 3.8) is 0 Å². The molecule has 1 unspecified atom stereocenters. The molecule has 1 aliphatic heterocycles. The van der Waals surface area contributed by atoms with Crippen LogP contribution in [0.2, 0.25) is 0 Å². The molecule has 0 spiro atoms. The van der Waals surface area contributed by atoms with Gasteiger partial charge in [-0.2, -0.15) is 0 Å². The molecule has 0 aliphatic carbocycles. The second-order valence-corrected chi connectivity index (χ2v) is 6.72. The number of piperidine rings is 1. The SMILES string of the molecule is CCCC1(C(=O)O)CCN(C(=O)C(CN)CC(C)C)CC1. The number of nitrogens with two attached hydrogens (primary N) is 1. The molecule has 0 saturated carbocycles. The summed E-state index contributed by atoms with van der Waals surface area (Å²) in [5.74, 6) is -0.310. The van der Waals surface area contributed by atoms with Gasteiger partial charge in [-0.3, -0.25) is 9.59 Å². The number of carboxylic acids is 1. The van der Waals surface area contributed by atoms with E-state index in [1.165, 1.54) is 0 Å². The van der Waals surface area contributed by atoms with Crippen LogP contribution in [-0.4, -0.2) is 41.5 Å². The number of aliphatic carboxylic acids is 1. The minimum Gasteiger partial charge on any atom is -0.481 e. The van der Waals surface area contributed by atoms with E-state index in [1.54, 1.807) is 0 Å². The fourth-order valence-electron chi connectivity index (χ4n) is 3.33. The van der Waals surface area contributed by atoms with Crippen molar-refractivity contribution < 1.29 is 14.7 Å². The molecule has 1 heterocycles. The lowest BCUT2D eigenvalue weighted by Crippen LogP contribution is -2.49. The Morgan fingerprint density at radius 3 is 2.24 bits per heavy atom. The third kappa shape index (κ3) is 4.43. The van der Waals surface area contributed by atoms with Crippen LogP contribution >= 0.6 is 0 Å². The number of rotatable bonds is 7. The molecule has 0 radical (unpaired) electrons. The lowest BCUT2D eigenvalue weighted by Gasteiger charge is -2.40. The van der Waals surface area contributed by atoms with Crippen LogP contribution in [-0.2, 0) is 9.59 Å². The Hall–Kier alpha value is -1.10. The van der Waals surface area contributed by atoms with Gasteiger partial charge in [0.05, 0.1) is 11.3 Å². The van der Waals surface area contributed by atoms with E-state index >= 15 is 0 Å². The lowest BCUT2D eigenvalue weighted by atomic mass is 9.75. The second-order valence-electron chi connectivity index (χ2n) is 6.72. The molecule has 0 aromatic heterocycles. The Balaban J connectivity index is 2.66. The van der Waals surface area contributed by atoms with Gasteiger partial charge in [-0.25, -0.2) is 0 Å². The van der Waals surface area contributed by atoms with Crippen LogP contribution in [0.25, 0.3) is 0 Å². The van der Waals surface area contributed by atoms with E-state index in [1.807, 2.05) is 11.8 Å². The van der Waals surface area contributed by atoms with Crippen LogP contribution in [0, 0.1) is 17.3 Å². The molecule has 21 heavy (non-hydrogen) atoms. The first-order valence-corrected chi connectivity index (χ1v) is 8.08. The number of nitrogens with zero attached hydrogens (tertiary/aromatic N) is 1. The summed E-state index contributed by atoms with van der Waals surface area (Å²) < 4.78 is 0. The molecule has 5 nitrogen and oxygen atoms in total. The van der Waals surface area contributed by atoms with Gasteiger partial charge in [-0.15, -0.1) is 0 Å². The van der Waals surface area contributed by atoms with Crippen LogP contribution in [0.3, 0.4) is 0 Å². The average molecular weight is 298 g/mol. The molecule has 0 bridgehead atoms. The lowest BCUT2D eigenvalue weighted by molar-refractivity contribution is -0.155. The van der Waals surface area contributed by atoms with Crippen molar-refractivity contribution in [2.45, 2.75) is 52.9 Å². The van der Waals surface area contributed by atoms with Crippen LogP contribution in [0.5, 0.6) is 0 Å². The van der Waals surface area contributed by atoms with Gasteiger partial charge in [-0.05, 0) is 31.6 Å². The number of likely N-dealkylation sites (tertiary alicyclic amines) is 1. The molecule has 1 saturated heterocycles. The van der Waals surface area contributed by atoms with E-state index in [-0.39, 0.29) is 11.8 Å². The van der Waals surface area contributed by atoms with E-state index in [4.69, 9.17) is 5.73 Å². The Morgan fingerprint density at radius 1 is 1.29 bits per heavy atom. The summed E-state index contributed by atoms with van der Waals surface area (Å²) in [6.45, 7) is 7.63. The van der Waals surface area contributed by atoms with E-state index in [9.17, 15) is 14.7 Å². The van der Waals surface area contributed by atoms with Gasteiger partial charge in [0.15, 0.2) is 0 Å². The zero-order valence-corrected chi connectivity index (χ0v) is 13.6. The average Bonchev–Trinajstić information content (AvgIpc) is 2.44. The summed E-state index contributed by atoms with van der Waals surface area (Å²) in [5, 5.41) is 9.50. The summed E-state index contributed by atoms with van der Waals surface area (Å²) in [6, 6.07) is 0. The van der Waals surface area contributed by atoms with Gasteiger partial charge < -0.3 is 15.7 Å². The fourth-order valence-corrected chi connectivity index (χ4v) is 3.33. The molecule has 1 rings (SSSR count). The normalized spacial score (nSPS) is 19.6. The van der Waals surface area contributed by atoms with Crippen molar-refractivity contribution in [1.82, 2.24) is 4.90 Å². The van der Waals surface area contributed by atoms with Gasteiger partial charge in [0.25, 0.3) is 0 Å². The van der Waals surface area contributed by atoms with Gasteiger partial charge in [0, 0.05) is 19.6 Å². The first-order chi connectivity index (χ1) is 9.86. The minimum atomic E-state index is -0.714. The van der Waals surface area contributed by atoms with E-state index in [2.05, 4.69) is 13.8 Å². The van der Waals surface area contributed by atoms with Crippen LogP contribution < -0.4 is 5.73 Å². The number of hydrogen-bond donors (Lipinski definition) is 2. The molecule has 5 heteroatoms. The summed E-state index contributed by atoms with van der Waals surface area (Å²) in [6.07, 6.45) is 3.46. The predicted octanol–water partition coefficient (Wildman–Crippen LogP) is 2.10. The molecule has 3 N–H and O–H groups in total. The van der Waals surface area contributed by atoms with Crippen molar-refractivity contribution in [3.8, 4) is 0 Å². The smallest absolute Gasteiger partial charge is 0.309 e. The molecule has 0 aromatic carbocycles. The summed E-state index contributed by atoms with van der Waals surface area (Å²) in [5.41, 5.74) is 5.10. The molecule has 1 fully saturated rings. The molecular formula is C16H30N2O3. The number of amides is 1. The third-order valence-electron chi connectivity index (χ3n) is 4.60.